The second-order valence-electron chi connectivity index (χ2n) is 5.60. The van der Waals surface area contributed by atoms with Crippen LogP contribution in [0.15, 0.2) is 36.4 Å². The molecule has 0 saturated carbocycles. The number of esters is 1. The molecule has 0 aliphatic carbocycles. The molecule has 7 nitrogen and oxygen atoms in total. The molecule has 0 amide bonds. The van der Waals surface area contributed by atoms with Crippen molar-refractivity contribution in [3.8, 4) is 11.5 Å². The van der Waals surface area contributed by atoms with Crippen LogP contribution >= 0.6 is 0 Å². The number of carbonyl (C=O) groups excluding carboxylic acids is 1. The average Bonchev–Trinajstić information content (AvgIpc) is 3.06. The maximum Gasteiger partial charge on any atom is 0.337 e. The van der Waals surface area contributed by atoms with Gasteiger partial charge in [-0.3, -0.25) is 4.31 Å². The summed E-state index contributed by atoms with van der Waals surface area (Å²) < 4.78 is 54.9. The second kappa shape index (κ2) is 6.83. The molecular weight excluding hydrogens is 365 g/mol. The molecule has 0 N–H and O–H groups in total. The molecular formula is C17H16FNO6S. The number of hydrogen-bond donors (Lipinski definition) is 0. The van der Waals surface area contributed by atoms with Gasteiger partial charge in [-0.25, -0.2) is 17.6 Å². The lowest BCUT2D eigenvalue weighted by Crippen LogP contribution is -2.29. The molecule has 138 valence electrons. The quantitative estimate of drug-likeness (QED) is 0.740. The number of hydrogen-bond acceptors (Lipinski definition) is 6. The predicted molar refractivity (Wildman–Crippen MR) is 91.3 cm³/mol. The SMILES string of the molecule is COC(=O)c1ccc(CN(c2ccc3c(c2)OCO3)S(C)(=O)=O)c(F)c1. The van der Waals surface area contributed by atoms with E-state index in [4.69, 9.17) is 9.47 Å². The third kappa shape index (κ3) is 3.57. The van der Waals surface area contributed by atoms with Gasteiger partial charge in [0.2, 0.25) is 16.8 Å². The number of nitrogens with zero attached hydrogens (tertiary/aromatic N) is 1. The average molecular weight is 381 g/mol. The van der Waals surface area contributed by atoms with Crippen molar-refractivity contribution in [2.45, 2.75) is 6.54 Å². The molecule has 0 unspecified atom stereocenters. The van der Waals surface area contributed by atoms with Gasteiger partial charge in [-0.2, -0.15) is 0 Å². The van der Waals surface area contributed by atoms with E-state index in [9.17, 15) is 17.6 Å². The van der Waals surface area contributed by atoms with E-state index in [0.717, 1.165) is 16.6 Å². The van der Waals surface area contributed by atoms with Gasteiger partial charge in [0.15, 0.2) is 11.5 Å². The second-order valence-corrected chi connectivity index (χ2v) is 7.51. The summed E-state index contributed by atoms with van der Waals surface area (Å²) >= 11 is 0. The lowest BCUT2D eigenvalue weighted by molar-refractivity contribution is 0.0600. The molecule has 0 spiro atoms. The normalized spacial score (nSPS) is 12.7. The highest BCUT2D eigenvalue weighted by molar-refractivity contribution is 7.92. The largest absolute Gasteiger partial charge is 0.465 e. The van der Waals surface area contributed by atoms with E-state index in [1.165, 1.54) is 25.3 Å². The molecule has 0 atom stereocenters. The van der Waals surface area contributed by atoms with Gasteiger partial charge in [0.25, 0.3) is 0 Å². The molecule has 3 rings (SSSR count). The molecule has 0 bridgehead atoms. The van der Waals surface area contributed by atoms with Gasteiger partial charge in [-0.1, -0.05) is 6.07 Å². The fourth-order valence-electron chi connectivity index (χ4n) is 2.52. The summed E-state index contributed by atoms with van der Waals surface area (Å²) in [6, 6.07) is 8.41. The molecule has 26 heavy (non-hydrogen) atoms. The minimum Gasteiger partial charge on any atom is -0.465 e. The van der Waals surface area contributed by atoms with Crippen LogP contribution < -0.4 is 13.8 Å². The van der Waals surface area contributed by atoms with E-state index in [0.29, 0.717) is 17.2 Å². The van der Waals surface area contributed by atoms with Gasteiger partial charge in [0.05, 0.1) is 31.2 Å². The fourth-order valence-corrected chi connectivity index (χ4v) is 3.39. The summed E-state index contributed by atoms with van der Waals surface area (Å²) in [7, 11) is -2.51. The summed E-state index contributed by atoms with van der Waals surface area (Å²) in [5, 5.41) is 0. The number of benzene rings is 2. The number of halogens is 1. The van der Waals surface area contributed by atoms with Gasteiger partial charge < -0.3 is 14.2 Å². The van der Waals surface area contributed by atoms with Crippen LogP contribution in [0.4, 0.5) is 10.1 Å². The van der Waals surface area contributed by atoms with Crippen molar-refractivity contribution < 1.29 is 31.8 Å². The third-order valence-electron chi connectivity index (χ3n) is 3.83. The summed E-state index contributed by atoms with van der Waals surface area (Å²) in [4.78, 5) is 11.5. The van der Waals surface area contributed by atoms with Crippen LogP contribution in [-0.4, -0.2) is 34.5 Å². The highest BCUT2D eigenvalue weighted by Gasteiger charge is 2.23. The Morgan fingerprint density at radius 1 is 1.19 bits per heavy atom. The molecule has 2 aromatic rings. The Morgan fingerprint density at radius 3 is 2.58 bits per heavy atom. The molecule has 0 aromatic heterocycles. The number of anilines is 1. The zero-order valence-corrected chi connectivity index (χ0v) is 14.9. The zero-order chi connectivity index (χ0) is 18.9. The number of rotatable bonds is 5. The highest BCUT2D eigenvalue weighted by Crippen LogP contribution is 2.36. The van der Waals surface area contributed by atoms with Crippen molar-refractivity contribution in [1.82, 2.24) is 0 Å². The fraction of sp³-hybridized carbons (Fsp3) is 0.235. The van der Waals surface area contributed by atoms with E-state index in [1.54, 1.807) is 12.1 Å². The van der Waals surface area contributed by atoms with Crippen molar-refractivity contribution in [2.75, 3.05) is 24.5 Å². The molecule has 0 fully saturated rings. The molecule has 2 aromatic carbocycles. The maximum absolute atomic E-state index is 14.4. The Kier molecular flexibility index (Phi) is 4.73. The van der Waals surface area contributed by atoms with Crippen LogP contribution in [0.2, 0.25) is 0 Å². The van der Waals surface area contributed by atoms with Crippen LogP contribution in [0.5, 0.6) is 11.5 Å². The van der Waals surface area contributed by atoms with Crippen molar-refractivity contribution in [3.05, 3.63) is 53.3 Å². The number of methoxy groups -OCH3 is 1. The Morgan fingerprint density at radius 2 is 1.92 bits per heavy atom. The summed E-state index contributed by atoms with van der Waals surface area (Å²) in [5.74, 6) is -0.457. The van der Waals surface area contributed by atoms with Crippen LogP contribution in [0.3, 0.4) is 0 Å². The summed E-state index contributed by atoms with van der Waals surface area (Å²) in [6.45, 7) is -0.187. The standard InChI is InChI=1S/C17H16FNO6S/c1-23-17(20)11-3-4-12(14(18)7-11)9-19(26(2,21)22)13-5-6-15-16(8-13)25-10-24-15/h3-8H,9-10H2,1-2H3. The lowest BCUT2D eigenvalue weighted by atomic mass is 10.1. The Hall–Kier alpha value is -2.81. The lowest BCUT2D eigenvalue weighted by Gasteiger charge is -2.23. The van der Waals surface area contributed by atoms with Crippen molar-refractivity contribution in [1.29, 1.82) is 0 Å². The molecule has 1 aliphatic rings. The molecule has 0 saturated heterocycles. The van der Waals surface area contributed by atoms with Gasteiger partial charge >= 0.3 is 5.97 Å². The van der Waals surface area contributed by atoms with Gasteiger partial charge in [0.1, 0.15) is 5.82 Å². The predicted octanol–water partition coefficient (Wildman–Crippen LogP) is 2.31. The van der Waals surface area contributed by atoms with Crippen LogP contribution in [0.1, 0.15) is 15.9 Å². The van der Waals surface area contributed by atoms with E-state index < -0.39 is 21.8 Å². The molecule has 1 aliphatic heterocycles. The monoisotopic (exact) mass is 381 g/mol. The Labute approximate surface area is 149 Å². The number of carbonyl (C=O) groups is 1. The van der Waals surface area contributed by atoms with Crippen molar-refractivity contribution in [3.63, 3.8) is 0 Å². The molecule has 9 heteroatoms. The van der Waals surface area contributed by atoms with E-state index in [2.05, 4.69) is 4.74 Å². The summed E-state index contributed by atoms with van der Waals surface area (Å²) in [5.41, 5.74) is 0.469. The van der Waals surface area contributed by atoms with E-state index in [-0.39, 0.29) is 24.5 Å². The number of ether oxygens (including phenoxy) is 3. The first-order valence-electron chi connectivity index (χ1n) is 7.53. The topological polar surface area (TPSA) is 82.1 Å². The van der Waals surface area contributed by atoms with Gasteiger partial charge in [-0.15, -0.1) is 0 Å². The molecule has 1 heterocycles. The Bertz CT molecular complexity index is 960. The van der Waals surface area contributed by atoms with Crippen LogP contribution in [0.25, 0.3) is 0 Å². The first-order chi connectivity index (χ1) is 12.3. The van der Waals surface area contributed by atoms with Crippen LogP contribution in [0, 0.1) is 5.82 Å². The highest BCUT2D eigenvalue weighted by atomic mass is 32.2. The zero-order valence-electron chi connectivity index (χ0n) is 14.1. The first-order valence-corrected chi connectivity index (χ1v) is 9.38. The minimum atomic E-state index is -3.70. The van der Waals surface area contributed by atoms with Crippen LogP contribution in [-0.2, 0) is 21.3 Å². The van der Waals surface area contributed by atoms with E-state index >= 15 is 0 Å². The summed E-state index contributed by atoms with van der Waals surface area (Å²) in [6.07, 6.45) is 1.03. The smallest absolute Gasteiger partial charge is 0.337 e. The van der Waals surface area contributed by atoms with Crippen molar-refractivity contribution in [2.24, 2.45) is 0 Å². The van der Waals surface area contributed by atoms with E-state index in [1.807, 2.05) is 0 Å². The maximum atomic E-state index is 14.4. The van der Waals surface area contributed by atoms with Crippen molar-refractivity contribution >= 4 is 21.7 Å². The third-order valence-corrected chi connectivity index (χ3v) is 4.97. The minimum absolute atomic E-state index is 0.0442. The first kappa shape index (κ1) is 18.0. The van der Waals surface area contributed by atoms with Gasteiger partial charge in [-0.05, 0) is 24.3 Å². The molecule has 0 radical (unpaired) electrons. The number of fused-ring (bicyclic) bond motifs is 1. The Balaban J connectivity index is 1.94. The number of sulfonamides is 1. The van der Waals surface area contributed by atoms with Gasteiger partial charge in [0, 0.05) is 11.6 Å².